The summed E-state index contributed by atoms with van der Waals surface area (Å²) in [5.41, 5.74) is 2.04. The van der Waals surface area contributed by atoms with Gasteiger partial charge in [-0.05, 0) is 52.8 Å². The van der Waals surface area contributed by atoms with Crippen molar-refractivity contribution in [3.8, 4) is 5.75 Å². The molecule has 2 aromatic carbocycles. The van der Waals surface area contributed by atoms with Crippen LogP contribution in [0.25, 0.3) is 0 Å². The summed E-state index contributed by atoms with van der Waals surface area (Å²) in [6.07, 6.45) is 0. The molecule has 2 rings (SSSR count). The summed E-state index contributed by atoms with van der Waals surface area (Å²) in [5, 5.41) is 9.78. The van der Waals surface area contributed by atoms with Crippen molar-refractivity contribution in [2.75, 3.05) is 0 Å². The second-order valence-electron chi connectivity index (χ2n) is 4.18. The lowest BCUT2D eigenvalue weighted by Gasteiger charge is -2.08. The molecule has 0 unspecified atom stereocenters. The summed E-state index contributed by atoms with van der Waals surface area (Å²) in [6.45, 7) is 2.07. The highest BCUT2D eigenvalue weighted by Gasteiger charge is 2.14. The van der Waals surface area contributed by atoms with Crippen molar-refractivity contribution in [1.82, 2.24) is 0 Å². The highest BCUT2D eigenvalue weighted by Crippen LogP contribution is 2.24. The maximum atomic E-state index is 11.9. The molecule has 0 fully saturated rings. The third-order valence-corrected chi connectivity index (χ3v) is 3.87. The lowest BCUT2D eigenvalue weighted by atomic mass is 10.1. The summed E-state index contributed by atoms with van der Waals surface area (Å²) < 4.78 is 6.11. The summed E-state index contributed by atoms with van der Waals surface area (Å²) in [6, 6.07) is 12.6. The van der Waals surface area contributed by atoms with Gasteiger partial charge in [0.15, 0.2) is 0 Å². The van der Waals surface area contributed by atoms with Gasteiger partial charge in [0, 0.05) is 3.57 Å². The van der Waals surface area contributed by atoms with Gasteiger partial charge in [0.2, 0.25) is 0 Å². The zero-order valence-corrected chi connectivity index (χ0v) is 12.5. The SMILES string of the molecule is Cc1cc(O)c(C(=O)OCc2ccccc2)cc1I. The zero-order chi connectivity index (χ0) is 13.8. The zero-order valence-electron chi connectivity index (χ0n) is 10.4. The van der Waals surface area contributed by atoms with Crippen molar-refractivity contribution in [1.29, 1.82) is 0 Å². The van der Waals surface area contributed by atoms with Crippen molar-refractivity contribution in [2.24, 2.45) is 0 Å². The van der Waals surface area contributed by atoms with Crippen molar-refractivity contribution in [2.45, 2.75) is 13.5 Å². The lowest BCUT2D eigenvalue weighted by Crippen LogP contribution is -2.06. The van der Waals surface area contributed by atoms with E-state index in [4.69, 9.17) is 4.74 Å². The Hall–Kier alpha value is -1.56. The van der Waals surface area contributed by atoms with Crippen LogP contribution < -0.4 is 0 Å². The molecule has 0 aromatic heterocycles. The molecule has 0 radical (unpaired) electrons. The number of benzene rings is 2. The first-order valence-electron chi connectivity index (χ1n) is 5.78. The van der Waals surface area contributed by atoms with Crippen LogP contribution in [0.15, 0.2) is 42.5 Å². The number of aromatic hydroxyl groups is 1. The Morgan fingerprint density at radius 2 is 1.95 bits per heavy atom. The van der Waals surface area contributed by atoms with E-state index >= 15 is 0 Å². The smallest absolute Gasteiger partial charge is 0.342 e. The van der Waals surface area contributed by atoms with Crippen LogP contribution in [-0.4, -0.2) is 11.1 Å². The maximum absolute atomic E-state index is 11.9. The minimum absolute atomic E-state index is 0.0454. The molecule has 4 heteroatoms. The van der Waals surface area contributed by atoms with Crippen LogP contribution in [0.3, 0.4) is 0 Å². The molecule has 0 heterocycles. The maximum Gasteiger partial charge on any atom is 0.342 e. The molecule has 0 spiro atoms. The fourth-order valence-electron chi connectivity index (χ4n) is 1.63. The van der Waals surface area contributed by atoms with E-state index in [9.17, 15) is 9.90 Å². The molecule has 0 amide bonds. The first-order valence-corrected chi connectivity index (χ1v) is 6.86. The minimum atomic E-state index is -0.515. The van der Waals surface area contributed by atoms with Crippen LogP contribution in [0.5, 0.6) is 5.75 Å². The molecule has 3 nitrogen and oxygen atoms in total. The van der Waals surface area contributed by atoms with Crippen LogP contribution in [0.1, 0.15) is 21.5 Å². The van der Waals surface area contributed by atoms with E-state index < -0.39 is 5.97 Å². The van der Waals surface area contributed by atoms with Gasteiger partial charge in [-0.3, -0.25) is 0 Å². The highest BCUT2D eigenvalue weighted by molar-refractivity contribution is 14.1. The number of ether oxygens (including phenoxy) is 1. The van der Waals surface area contributed by atoms with Gasteiger partial charge in [-0.1, -0.05) is 30.3 Å². The average Bonchev–Trinajstić information content (AvgIpc) is 2.41. The monoisotopic (exact) mass is 368 g/mol. The molecule has 0 saturated heterocycles. The fraction of sp³-hybridized carbons (Fsp3) is 0.133. The molecule has 19 heavy (non-hydrogen) atoms. The predicted octanol–water partition coefficient (Wildman–Crippen LogP) is 3.66. The Kier molecular flexibility index (Phi) is 4.42. The number of carbonyl (C=O) groups excluding carboxylic acids is 1. The van der Waals surface area contributed by atoms with E-state index in [-0.39, 0.29) is 17.9 Å². The van der Waals surface area contributed by atoms with Gasteiger partial charge in [0.05, 0.1) is 0 Å². The Bertz CT molecular complexity index is 594. The average molecular weight is 368 g/mol. The van der Waals surface area contributed by atoms with Crippen molar-refractivity contribution in [3.63, 3.8) is 0 Å². The van der Waals surface area contributed by atoms with Crippen molar-refractivity contribution < 1.29 is 14.6 Å². The van der Waals surface area contributed by atoms with E-state index in [1.54, 1.807) is 12.1 Å². The summed E-state index contributed by atoms with van der Waals surface area (Å²) in [5.74, 6) is -0.560. The van der Waals surface area contributed by atoms with Crippen molar-refractivity contribution >= 4 is 28.6 Å². The van der Waals surface area contributed by atoms with Crippen LogP contribution in [0.4, 0.5) is 0 Å². The second-order valence-corrected chi connectivity index (χ2v) is 5.34. The van der Waals surface area contributed by atoms with E-state index in [0.717, 1.165) is 14.7 Å². The summed E-state index contributed by atoms with van der Waals surface area (Å²) in [4.78, 5) is 11.9. The predicted molar refractivity (Wildman–Crippen MR) is 81.1 cm³/mol. The van der Waals surface area contributed by atoms with Gasteiger partial charge in [-0.15, -0.1) is 0 Å². The fourth-order valence-corrected chi connectivity index (χ4v) is 2.10. The first kappa shape index (κ1) is 13.9. The molecular formula is C15H13IO3. The van der Waals surface area contributed by atoms with E-state index in [2.05, 4.69) is 22.6 Å². The topological polar surface area (TPSA) is 46.5 Å². The van der Waals surface area contributed by atoms with Crippen molar-refractivity contribution in [3.05, 3.63) is 62.7 Å². The van der Waals surface area contributed by atoms with E-state index in [1.165, 1.54) is 0 Å². The molecule has 0 bridgehead atoms. The highest BCUT2D eigenvalue weighted by atomic mass is 127. The second kappa shape index (κ2) is 6.06. The van der Waals surface area contributed by atoms with Crippen LogP contribution in [0, 0.1) is 10.5 Å². The number of esters is 1. The third kappa shape index (κ3) is 3.47. The minimum Gasteiger partial charge on any atom is -0.507 e. The van der Waals surface area contributed by atoms with Gasteiger partial charge in [0.1, 0.15) is 17.9 Å². The van der Waals surface area contributed by atoms with E-state index in [1.807, 2.05) is 37.3 Å². The molecule has 0 aliphatic heterocycles. The molecular weight excluding hydrogens is 355 g/mol. The molecule has 0 atom stereocenters. The quantitative estimate of drug-likeness (QED) is 0.665. The number of phenolic OH excluding ortho intramolecular Hbond substituents is 1. The first-order chi connectivity index (χ1) is 9.08. The van der Waals surface area contributed by atoms with Gasteiger partial charge < -0.3 is 9.84 Å². The number of hydrogen-bond acceptors (Lipinski definition) is 3. The Balaban J connectivity index is 2.10. The number of aryl methyl sites for hydroxylation is 1. The summed E-state index contributed by atoms with van der Waals surface area (Å²) >= 11 is 2.12. The molecule has 98 valence electrons. The van der Waals surface area contributed by atoms with Gasteiger partial charge in [0.25, 0.3) is 0 Å². The molecule has 0 aliphatic carbocycles. The van der Waals surface area contributed by atoms with Gasteiger partial charge in [-0.25, -0.2) is 4.79 Å². The van der Waals surface area contributed by atoms with Crippen LogP contribution in [0.2, 0.25) is 0 Å². The normalized spacial score (nSPS) is 10.2. The Morgan fingerprint density at radius 1 is 1.26 bits per heavy atom. The number of rotatable bonds is 3. The number of halogens is 1. The van der Waals surface area contributed by atoms with E-state index in [0.29, 0.717) is 0 Å². The standard InChI is InChI=1S/C15H13IO3/c1-10-7-14(17)12(8-13(10)16)15(18)19-9-11-5-3-2-4-6-11/h2-8,17H,9H2,1H3. The molecule has 2 aromatic rings. The summed E-state index contributed by atoms with van der Waals surface area (Å²) in [7, 11) is 0. The third-order valence-electron chi connectivity index (χ3n) is 2.71. The Morgan fingerprint density at radius 3 is 2.63 bits per heavy atom. The molecule has 0 saturated carbocycles. The van der Waals surface area contributed by atoms with Gasteiger partial charge in [-0.2, -0.15) is 0 Å². The van der Waals surface area contributed by atoms with Crippen LogP contribution >= 0.6 is 22.6 Å². The number of hydrogen-bond donors (Lipinski definition) is 1. The van der Waals surface area contributed by atoms with Crippen LogP contribution in [-0.2, 0) is 11.3 Å². The number of phenols is 1. The largest absolute Gasteiger partial charge is 0.507 e. The lowest BCUT2D eigenvalue weighted by molar-refractivity contribution is 0.0469. The Labute approximate surface area is 125 Å². The molecule has 1 N–H and O–H groups in total. The van der Waals surface area contributed by atoms with Gasteiger partial charge >= 0.3 is 5.97 Å². The molecule has 0 aliphatic rings. The number of carbonyl (C=O) groups is 1.